The van der Waals surface area contributed by atoms with Crippen LogP contribution in [0, 0.1) is 7.14 Å². The first-order chi connectivity index (χ1) is 14.0. The lowest BCUT2D eigenvalue weighted by Gasteiger charge is -2.07. The molecule has 3 aromatic rings. The average molecular weight is 620 g/mol. The van der Waals surface area contributed by atoms with Crippen molar-refractivity contribution < 1.29 is 24.2 Å². The number of rotatable bonds is 9. The highest BCUT2D eigenvalue weighted by atomic mass is 127. The lowest BCUT2D eigenvalue weighted by molar-refractivity contribution is 0.103. The number of unbranched alkanes of at least 4 members (excludes halogenated alkanes) is 1. The Labute approximate surface area is 196 Å². The van der Waals surface area contributed by atoms with Crippen LogP contribution in [-0.4, -0.2) is 29.2 Å². The van der Waals surface area contributed by atoms with E-state index in [9.17, 15) is 9.90 Å². The number of carbonyl (C=O) groups is 1. The minimum absolute atomic E-state index is 0.0764. The Hall–Kier alpha value is -1.33. The van der Waals surface area contributed by atoms with Gasteiger partial charge in [-0.3, -0.25) is 4.79 Å². The molecule has 0 bridgehead atoms. The summed E-state index contributed by atoms with van der Waals surface area (Å²) in [5.74, 6) is 1.40. The van der Waals surface area contributed by atoms with Gasteiger partial charge in [-0.2, -0.15) is 0 Å². The van der Waals surface area contributed by atoms with E-state index in [0.717, 1.165) is 18.2 Å². The Balaban J connectivity index is 2.05. The molecule has 0 fully saturated rings. The third-order valence-corrected chi connectivity index (χ3v) is 6.21. The molecule has 2 N–H and O–H groups in total. The van der Waals surface area contributed by atoms with Crippen LogP contribution in [0.1, 0.15) is 47.9 Å². The predicted octanol–water partition coefficient (Wildman–Crippen LogP) is 5.68. The molecule has 1 heterocycles. The van der Waals surface area contributed by atoms with Gasteiger partial charge in [0, 0.05) is 36.5 Å². The summed E-state index contributed by atoms with van der Waals surface area (Å²) in [5.41, 5.74) is 1.72. The van der Waals surface area contributed by atoms with Gasteiger partial charge in [0.25, 0.3) is 0 Å². The van der Waals surface area contributed by atoms with E-state index in [-0.39, 0.29) is 18.1 Å². The van der Waals surface area contributed by atoms with Crippen molar-refractivity contribution in [3.63, 3.8) is 0 Å². The zero-order valence-electron chi connectivity index (χ0n) is 16.0. The molecule has 0 aliphatic heterocycles. The zero-order chi connectivity index (χ0) is 21.0. The summed E-state index contributed by atoms with van der Waals surface area (Å²) in [7, 11) is 0. The Bertz CT molecular complexity index is 1000. The Kier molecular flexibility index (Phi) is 7.80. The van der Waals surface area contributed by atoms with Crippen molar-refractivity contribution in [2.24, 2.45) is 0 Å². The van der Waals surface area contributed by atoms with Crippen LogP contribution in [0.15, 0.2) is 34.7 Å². The smallest absolute Gasteiger partial charge is 0.197 e. The lowest BCUT2D eigenvalue weighted by atomic mass is 9.98. The molecule has 5 nitrogen and oxygen atoms in total. The van der Waals surface area contributed by atoms with Gasteiger partial charge in [-0.15, -0.1) is 0 Å². The molecule has 0 radical (unpaired) electrons. The van der Waals surface area contributed by atoms with Gasteiger partial charge in [-0.1, -0.05) is 13.3 Å². The first-order valence-corrected chi connectivity index (χ1v) is 11.6. The zero-order valence-corrected chi connectivity index (χ0v) is 20.3. The van der Waals surface area contributed by atoms with Crippen LogP contribution in [-0.2, 0) is 6.42 Å². The number of aliphatic hydroxyl groups is 1. The maximum absolute atomic E-state index is 13.4. The second-order valence-electron chi connectivity index (χ2n) is 6.71. The standard InChI is InChI=1S/C22H22I2O5/c1-2-3-5-18-20(21(26)13-10-16(23)22(27)17(24)11-13)15-7-6-14(12-19(15)29-18)28-9-4-8-25/h6-7,10-12,25,27H,2-5,8-9H2,1H3. The van der Waals surface area contributed by atoms with Gasteiger partial charge >= 0.3 is 0 Å². The molecule has 0 spiro atoms. The van der Waals surface area contributed by atoms with Gasteiger partial charge < -0.3 is 19.4 Å². The fourth-order valence-electron chi connectivity index (χ4n) is 3.08. The van der Waals surface area contributed by atoms with E-state index in [1.807, 2.05) is 57.3 Å². The summed E-state index contributed by atoms with van der Waals surface area (Å²) in [5, 5.41) is 19.7. The van der Waals surface area contributed by atoms with Gasteiger partial charge in [0.05, 0.1) is 19.3 Å². The van der Waals surface area contributed by atoms with Crippen molar-refractivity contribution >= 4 is 61.9 Å². The van der Waals surface area contributed by atoms with E-state index >= 15 is 0 Å². The summed E-state index contributed by atoms with van der Waals surface area (Å²) in [6.45, 7) is 2.59. The van der Waals surface area contributed by atoms with E-state index in [0.29, 0.717) is 54.8 Å². The summed E-state index contributed by atoms with van der Waals surface area (Å²) in [4.78, 5) is 13.4. The van der Waals surface area contributed by atoms with Crippen LogP contribution in [0.2, 0.25) is 0 Å². The molecule has 0 atom stereocenters. The van der Waals surface area contributed by atoms with E-state index in [1.54, 1.807) is 18.2 Å². The molecule has 0 aliphatic rings. The fraction of sp³-hybridized carbons (Fsp3) is 0.318. The Morgan fingerprint density at radius 3 is 2.52 bits per heavy atom. The number of carbonyl (C=O) groups excluding carboxylic acids is 1. The van der Waals surface area contributed by atoms with Crippen molar-refractivity contribution in [1.82, 2.24) is 0 Å². The normalized spacial score (nSPS) is 11.2. The second-order valence-corrected chi connectivity index (χ2v) is 9.03. The van der Waals surface area contributed by atoms with Crippen molar-refractivity contribution in [2.45, 2.75) is 32.6 Å². The van der Waals surface area contributed by atoms with Crippen molar-refractivity contribution in [3.05, 3.63) is 54.4 Å². The number of halogens is 2. The van der Waals surface area contributed by atoms with Crippen LogP contribution in [0.5, 0.6) is 11.5 Å². The average Bonchev–Trinajstić information content (AvgIpc) is 3.07. The summed E-state index contributed by atoms with van der Waals surface area (Å²) >= 11 is 4.06. The molecule has 0 amide bonds. The number of hydrogen-bond acceptors (Lipinski definition) is 5. The number of fused-ring (bicyclic) bond motifs is 1. The van der Waals surface area contributed by atoms with Crippen molar-refractivity contribution in [1.29, 1.82) is 0 Å². The molecule has 2 aromatic carbocycles. The molecule has 29 heavy (non-hydrogen) atoms. The third-order valence-electron chi connectivity index (χ3n) is 4.57. The van der Waals surface area contributed by atoms with Crippen LogP contribution < -0.4 is 4.74 Å². The minimum Gasteiger partial charge on any atom is -0.506 e. The predicted molar refractivity (Wildman–Crippen MR) is 129 cm³/mol. The number of furan rings is 1. The highest BCUT2D eigenvalue weighted by molar-refractivity contribution is 14.1. The number of ketones is 1. The topological polar surface area (TPSA) is 79.9 Å². The minimum atomic E-state index is -0.111. The number of aryl methyl sites for hydroxylation is 1. The number of hydrogen-bond donors (Lipinski definition) is 2. The van der Waals surface area contributed by atoms with Gasteiger partial charge in [-0.25, -0.2) is 0 Å². The maximum atomic E-state index is 13.4. The lowest BCUT2D eigenvalue weighted by Crippen LogP contribution is -2.05. The third kappa shape index (κ3) is 5.05. The van der Waals surface area contributed by atoms with E-state index in [4.69, 9.17) is 14.3 Å². The Morgan fingerprint density at radius 2 is 1.86 bits per heavy atom. The van der Waals surface area contributed by atoms with Gasteiger partial charge in [-0.05, 0) is 75.9 Å². The quantitative estimate of drug-likeness (QED) is 0.183. The van der Waals surface area contributed by atoms with Crippen LogP contribution >= 0.6 is 45.2 Å². The number of aromatic hydroxyl groups is 1. The SMILES string of the molecule is CCCCc1oc2cc(OCCCO)ccc2c1C(=O)c1cc(I)c(O)c(I)c1. The van der Waals surface area contributed by atoms with Crippen molar-refractivity contribution in [3.8, 4) is 11.5 Å². The molecule has 1 aromatic heterocycles. The first-order valence-electron chi connectivity index (χ1n) is 9.48. The molecule has 7 heteroatoms. The molecular weight excluding hydrogens is 598 g/mol. The van der Waals surface area contributed by atoms with Crippen LogP contribution in [0.3, 0.4) is 0 Å². The van der Waals surface area contributed by atoms with Gasteiger partial charge in [0.2, 0.25) is 0 Å². The summed E-state index contributed by atoms with van der Waals surface area (Å²) in [6.07, 6.45) is 3.15. The fourth-order valence-corrected chi connectivity index (χ4v) is 4.84. The molecule has 0 aliphatic carbocycles. The number of benzene rings is 2. The maximum Gasteiger partial charge on any atom is 0.197 e. The molecule has 154 valence electrons. The molecule has 0 unspecified atom stereocenters. The number of ether oxygens (including phenoxy) is 1. The van der Waals surface area contributed by atoms with Gasteiger partial charge in [0.15, 0.2) is 5.78 Å². The largest absolute Gasteiger partial charge is 0.506 e. The monoisotopic (exact) mass is 620 g/mol. The molecule has 0 saturated heterocycles. The highest BCUT2D eigenvalue weighted by Crippen LogP contribution is 2.34. The summed E-state index contributed by atoms with van der Waals surface area (Å²) < 4.78 is 13.0. The van der Waals surface area contributed by atoms with Crippen LogP contribution in [0.4, 0.5) is 0 Å². The molecule has 3 rings (SSSR count). The molecular formula is C22H22I2O5. The number of aliphatic hydroxyl groups excluding tert-OH is 1. The Morgan fingerprint density at radius 1 is 1.14 bits per heavy atom. The van der Waals surface area contributed by atoms with E-state index in [1.165, 1.54) is 0 Å². The van der Waals surface area contributed by atoms with Crippen molar-refractivity contribution in [2.75, 3.05) is 13.2 Å². The van der Waals surface area contributed by atoms with Crippen LogP contribution in [0.25, 0.3) is 11.0 Å². The summed E-state index contributed by atoms with van der Waals surface area (Å²) in [6, 6.07) is 8.87. The van der Waals surface area contributed by atoms with E-state index in [2.05, 4.69) is 6.92 Å². The van der Waals surface area contributed by atoms with Gasteiger partial charge in [0.1, 0.15) is 22.8 Å². The van der Waals surface area contributed by atoms with E-state index < -0.39 is 0 Å². The first kappa shape index (κ1) is 22.4. The number of phenolic OH excluding ortho intramolecular Hbond substituents is 1. The second kappa shape index (κ2) is 10.1. The molecule has 0 saturated carbocycles. The highest BCUT2D eigenvalue weighted by Gasteiger charge is 2.23. The number of phenols is 1.